The maximum atomic E-state index is 13.9. The zero-order valence-electron chi connectivity index (χ0n) is 18.5. The first kappa shape index (κ1) is 21.0. The monoisotopic (exact) mass is 469 g/mol. The number of benzene rings is 2. The lowest BCUT2D eigenvalue weighted by Crippen LogP contribution is -2.44. The van der Waals surface area contributed by atoms with Crippen molar-refractivity contribution in [2.75, 3.05) is 4.90 Å². The summed E-state index contributed by atoms with van der Waals surface area (Å²) in [6, 6.07) is 13.3. The molecular formula is C26H19N3O6. The molecule has 3 aliphatic heterocycles. The minimum atomic E-state index is -0.935. The third-order valence-corrected chi connectivity index (χ3v) is 7.13. The molecule has 0 bridgehead atoms. The van der Waals surface area contributed by atoms with Gasteiger partial charge in [0.05, 0.1) is 34.8 Å². The number of carbonyl (C=O) groups excluding carboxylic acids is 3. The second kappa shape index (κ2) is 7.49. The van der Waals surface area contributed by atoms with Gasteiger partial charge in [0.25, 0.3) is 5.69 Å². The zero-order chi connectivity index (χ0) is 24.4. The number of nitro groups is 1. The molecule has 3 aliphatic rings. The molecule has 3 aromatic rings. The van der Waals surface area contributed by atoms with Crippen LogP contribution < -0.4 is 4.90 Å². The van der Waals surface area contributed by atoms with Crippen molar-refractivity contribution in [1.29, 1.82) is 0 Å². The van der Waals surface area contributed by atoms with E-state index in [2.05, 4.69) is 0 Å². The third kappa shape index (κ3) is 2.91. The van der Waals surface area contributed by atoms with E-state index < -0.39 is 40.7 Å². The topological polar surface area (TPSA) is 114 Å². The summed E-state index contributed by atoms with van der Waals surface area (Å²) >= 11 is 0. The molecular weight excluding hydrogens is 450 g/mol. The Hall–Kier alpha value is -4.53. The average Bonchev–Trinajstić information content (AvgIpc) is 3.56. The van der Waals surface area contributed by atoms with E-state index in [0.29, 0.717) is 5.56 Å². The molecule has 9 nitrogen and oxygen atoms in total. The number of amides is 2. The summed E-state index contributed by atoms with van der Waals surface area (Å²) in [5.74, 6) is -2.91. The molecule has 0 saturated carbocycles. The van der Waals surface area contributed by atoms with Crippen LogP contribution in [0, 0.1) is 28.9 Å². The second-order valence-corrected chi connectivity index (χ2v) is 8.91. The van der Waals surface area contributed by atoms with Crippen molar-refractivity contribution in [2.24, 2.45) is 11.8 Å². The number of furan rings is 1. The summed E-state index contributed by atoms with van der Waals surface area (Å²) in [5, 5.41) is 11.2. The lowest BCUT2D eigenvalue weighted by Gasteiger charge is -2.35. The van der Waals surface area contributed by atoms with Gasteiger partial charge >= 0.3 is 0 Å². The Morgan fingerprint density at radius 1 is 1.03 bits per heavy atom. The fourth-order valence-electron chi connectivity index (χ4n) is 5.66. The molecule has 174 valence electrons. The SMILES string of the molecule is Cc1cc([N+](=O)[O-])ccc1N1C(=O)C2C(C1=O)C1c3ccccc3C=CN1C2C(=O)c1ccco1. The maximum Gasteiger partial charge on any atom is 0.269 e. The Balaban J connectivity index is 1.49. The van der Waals surface area contributed by atoms with Gasteiger partial charge in [-0.1, -0.05) is 24.3 Å². The van der Waals surface area contributed by atoms with Gasteiger partial charge in [-0.3, -0.25) is 24.5 Å². The van der Waals surface area contributed by atoms with Gasteiger partial charge < -0.3 is 9.32 Å². The van der Waals surface area contributed by atoms with Crippen molar-refractivity contribution in [2.45, 2.75) is 19.0 Å². The largest absolute Gasteiger partial charge is 0.461 e. The predicted molar refractivity (Wildman–Crippen MR) is 124 cm³/mol. The first-order valence-electron chi connectivity index (χ1n) is 11.1. The smallest absolute Gasteiger partial charge is 0.269 e. The van der Waals surface area contributed by atoms with Crippen molar-refractivity contribution in [3.63, 3.8) is 0 Å². The maximum absolute atomic E-state index is 13.9. The van der Waals surface area contributed by atoms with Gasteiger partial charge in [0.2, 0.25) is 17.6 Å². The van der Waals surface area contributed by atoms with Crippen LogP contribution in [0.1, 0.15) is 33.3 Å². The fraction of sp³-hybridized carbons (Fsp3) is 0.192. The number of non-ortho nitro benzene ring substituents is 1. The highest BCUT2D eigenvalue weighted by Gasteiger charge is 2.65. The predicted octanol–water partition coefficient (Wildman–Crippen LogP) is 3.89. The van der Waals surface area contributed by atoms with Crippen molar-refractivity contribution < 1.29 is 23.7 Å². The van der Waals surface area contributed by atoms with Crippen LogP contribution in [0.3, 0.4) is 0 Å². The normalized spacial score (nSPS) is 24.4. The van der Waals surface area contributed by atoms with Gasteiger partial charge in [-0.05, 0) is 47.9 Å². The summed E-state index contributed by atoms with van der Waals surface area (Å²) in [4.78, 5) is 54.8. The standard InChI is InChI=1S/C26H19N3O6/c1-14-13-16(29(33)34)8-9-18(14)28-25(31)20-21(26(28)32)23(24(30)19-7-4-12-35-19)27-11-10-15-5-2-3-6-17(15)22(20)27/h2-13,20-23H,1H3. The summed E-state index contributed by atoms with van der Waals surface area (Å²) in [5.41, 5.74) is 2.37. The number of aryl methyl sites for hydroxylation is 1. The van der Waals surface area contributed by atoms with Crippen molar-refractivity contribution in [3.8, 4) is 0 Å². The summed E-state index contributed by atoms with van der Waals surface area (Å²) < 4.78 is 5.36. The molecule has 35 heavy (non-hydrogen) atoms. The highest BCUT2D eigenvalue weighted by molar-refractivity contribution is 6.25. The lowest BCUT2D eigenvalue weighted by molar-refractivity contribution is -0.384. The van der Waals surface area contributed by atoms with E-state index in [1.165, 1.54) is 24.5 Å². The Bertz CT molecular complexity index is 1440. The molecule has 4 unspecified atom stereocenters. The van der Waals surface area contributed by atoms with E-state index in [0.717, 1.165) is 16.0 Å². The summed E-state index contributed by atoms with van der Waals surface area (Å²) in [7, 11) is 0. The van der Waals surface area contributed by atoms with E-state index in [-0.39, 0.29) is 22.9 Å². The average molecular weight is 469 g/mol. The molecule has 9 heteroatoms. The molecule has 0 N–H and O–H groups in total. The van der Waals surface area contributed by atoms with Gasteiger partial charge in [0.15, 0.2) is 5.76 Å². The van der Waals surface area contributed by atoms with Crippen LogP contribution in [0.25, 0.3) is 6.08 Å². The molecule has 2 aromatic carbocycles. The third-order valence-electron chi connectivity index (χ3n) is 7.13. The van der Waals surface area contributed by atoms with Gasteiger partial charge in [-0.15, -0.1) is 0 Å². The Labute approximate surface area is 199 Å². The number of imide groups is 1. The lowest BCUT2D eigenvalue weighted by atomic mass is 9.84. The fourth-order valence-corrected chi connectivity index (χ4v) is 5.66. The Morgan fingerprint density at radius 2 is 1.80 bits per heavy atom. The van der Waals surface area contributed by atoms with Crippen molar-refractivity contribution in [3.05, 3.63) is 99.6 Å². The minimum Gasteiger partial charge on any atom is -0.461 e. The van der Waals surface area contributed by atoms with Gasteiger partial charge in [-0.2, -0.15) is 0 Å². The van der Waals surface area contributed by atoms with E-state index in [1.54, 1.807) is 30.2 Å². The van der Waals surface area contributed by atoms with E-state index in [9.17, 15) is 24.5 Å². The van der Waals surface area contributed by atoms with Crippen LogP contribution in [0.4, 0.5) is 11.4 Å². The first-order chi connectivity index (χ1) is 16.9. The molecule has 0 aliphatic carbocycles. The molecule has 2 saturated heterocycles. The van der Waals surface area contributed by atoms with Gasteiger partial charge in [-0.25, -0.2) is 4.90 Å². The van der Waals surface area contributed by atoms with Crippen LogP contribution in [0.5, 0.6) is 0 Å². The van der Waals surface area contributed by atoms with Crippen LogP contribution in [-0.4, -0.2) is 33.5 Å². The number of rotatable bonds is 4. The molecule has 4 atom stereocenters. The molecule has 2 amide bonds. The first-order valence-corrected chi connectivity index (χ1v) is 11.1. The summed E-state index contributed by atoms with van der Waals surface area (Å²) in [6.07, 6.45) is 5.05. The van der Waals surface area contributed by atoms with Crippen molar-refractivity contribution in [1.82, 2.24) is 4.90 Å². The molecule has 2 fully saturated rings. The van der Waals surface area contributed by atoms with Gasteiger partial charge in [0.1, 0.15) is 6.04 Å². The number of nitro benzene ring substituents is 1. The van der Waals surface area contributed by atoms with Gasteiger partial charge in [0, 0.05) is 18.3 Å². The number of carbonyl (C=O) groups is 3. The number of hydrogen-bond donors (Lipinski definition) is 0. The summed E-state index contributed by atoms with van der Waals surface area (Å²) in [6.45, 7) is 1.62. The molecule has 6 rings (SSSR count). The van der Waals surface area contributed by atoms with Crippen LogP contribution in [0.2, 0.25) is 0 Å². The Morgan fingerprint density at radius 3 is 2.51 bits per heavy atom. The number of fused-ring (bicyclic) bond motifs is 5. The van der Waals surface area contributed by atoms with E-state index in [1.807, 2.05) is 30.3 Å². The Kier molecular flexibility index (Phi) is 4.50. The van der Waals surface area contributed by atoms with Crippen molar-refractivity contribution >= 4 is 35.0 Å². The molecule has 1 aromatic heterocycles. The number of anilines is 1. The highest BCUT2D eigenvalue weighted by atomic mass is 16.6. The number of nitrogens with zero attached hydrogens (tertiary/aromatic N) is 3. The minimum absolute atomic E-state index is 0.117. The van der Waals surface area contributed by atoms with E-state index >= 15 is 0 Å². The number of ketones is 1. The zero-order valence-corrected chi connectivity index (χ0v) is 18.5. The number of hydrogen-bond acceptors (Lipinski definition) is 7. The van der Waals surface area contributed by atoms with Crippen LogP contribution >= 0.6 is 0 Å². The van der Waals surface area contributed by atoms with E-state index in [4.69, 9.17) is 4.42 Å². The molecule has 0 radical (unpaired) electrons. The second-order valence-electron chi connectivity index (χ2n) is 8.91. The number of Topliss-reactive ketones (excluding diaryl/α,β-unsaturated/α-hetero) is 1. The van der Waals surface area contributed by atoms with Crippen LogP contribution in [-0.2, 0) is 9.59 Å². The quantitative estimate of drug-likeness (QED) is 0.246. The highest BCUT2D eigenvalue weighted by Crippen LogP contribution is 2.54. The molecule has 0 spiro atoms. The van der Waals surface area contributed by atoms with Crippen LogP contribution in [0.15, 0.2) is 71.5 Å². The molecule has 4 heterocycles.